The van der Waals surface area contributed by atoms with Crippen LogP contribution in [0.4, 0.5) is 0 Å². The van der Waals surface area contributed by atoms with Crippen molar-refractivity contribution in [2.24, 2.45) is 0 Å². The predicted octanol–water partition coefficient (Wildman–Crippen LogP) is 3.06. The molecule has 3 heterocycles. The molecule has 0 radical (unpaired) electrons. The van der Waals surface area contributed by atoms with Gasteiger partial charge < -0.3 is 4.90 Å². The highest BCUT2D eigenvalue weighted by atomic mass is 16.2. The standard InChI is InChI=1S/C21H19N5O2/c1-13-17(14(2)27)11-23-20-10-19(24-26(13)20)21(28)25(3)12-15-6-4-8-18-16(15)7-5-9-22-18/h4-11H,12H2,1-3H3. The molecule has 0 aliphatic heterocycles. The summed E-state index contributed by atoms with van der Waals surface area (Å²) in [7, 11) is 1.74. The Balaban J connectivity index is 1.65. The zero-order chi connectivity index (χ0) is 19.8. The molecule has 7 nitrogen and oxygen atoms in total. The Bertz CT molecular complexity index is 1220. The van der Waals surface area contributed by atoms with Gasteiger partial charge >= 0.3 is 0 Å². The number of carbonyl (C=O) groups is 2. The van der Waals surface area contributed by atoms with Crippen LogP contribution in [-0.2, 0) is 6.54 Å². The summed E-state index contributed by atoms with van der Waals surface area (Å²) in [6, 6.07) is 11.4. The third kappa shape index (κ3) is 3.00. The molecule has 0 aliphatic carbocycles. The van der Waals surface area contributed by atoms with E-state index >= 15 is 0 Å². The van der Waals surface area contributed by atoms with E-state index in [0.29, 0.717) is 23.4 Å². The Hall–Kier alpha value is -3.61. The van der Waals surface area contributed by atoms with Gasteiger partial charge in [-0.2, -0.15) is 5.10 Å². The number of aryl methyl sites for hydroxylation is 1. The van der Waals surface area contributed by atoms with E-state index in [1.807, 2.05) is 30.3 Å². The van der Waals surface area contributed by atoms with Crippen LogP contribution in [0, 0.1) is 6.92 Å². The van der Waals surface area contributed by atoms with Crippen molar-refractivity contribution in [3.63, 3.8) is 0 Å². The molecule has 3 aromatic heterocycles. The SMILES string of the molecule is CC(=O)c1cnc2cc(C(=O)N(C)Cc3cccc4ncccc34)nn2c1C. The van der Waals surface area contributed by atoms with Gasteiger partial charge in [0, 0.05) is 37.4 Å². The fraction of sp³-hybridized carbons (Fsp3) is 0.190. The monoisotopic (exact) mass is 373 g/mol. The second-order valence-electron chi connectivity index (χ2n) is 6.76. The number of nitrogens with zero attached hydrogens (tertiary/aromatic N) is 5. The first kappa shape index (κ1) is 17.8. The van der Waals surface area contributed by atoms with Gasteiger partial charge in [0.05, 0.1) is 16.8 Å². The van der Waals surface area contributed by atoms with Crippen LogP contribution in [0.1, 0.15) is 39.0 Å². The number of hydrogen-bond acceptors (Lipinski definition) is 5. The van der Waals surface area contributed by atoms with Crippen molar-refractivity contribution in [3.05, 3.63) is 71.3 Å². The number of rotatable bonds is 4. The molecule has 140 valence electrons. The Morgan fingerprint density at radius 1 is 1.14 bits per heavy atom. The molecule has 4 rings (SSSR count). The minimum atomic E-state index is -0.213. The average molecular weight is 373 g/mol. The molecule has 0 aliphatic rings. The topological polar surface area (TPSA) is 80.5 Å². The van der Waals surface area contributed by atoms with Crippen molar-refractivity contribution in [2.75, 3.05) is 7.05 Å². The third-order valence-corrected chi connectivity index (χ3v) is 4.81. The van der Waals surface area contributed by atoms with E-state index < -0.39 is 0 Å². The summed E-state index contributed by atoms with van der Waals surface area (Å²) in [4.78, 5) is 34.9. The van der Waals surface area contributed by atoms with Crippen LogP contribution in [0.5, 0.6) is 0 Å². The molecular weight excluding hydrogens is 354 g/mol. The number of benzene rings is 1. The van der Waals surface area contributed by atoms with E-state index in [1.165, 1.54) is 13.1 Å². The molecule has 0 unspecified atom stereocenters. The predicted molar refractivity (Wildman–Crippen MR) is 105 cm³/mol. The zero-order valence-corrected chi connectivity index (χ0v) is 15.9. The largest absolute Gasteiger partial charge is 0.336 e. The van der Waals surface area contributed by atoms with Gasteiger partial charge in [0.25, 0.3) is 5.91 Å². The van der Waals surface area contributed by atoms with Gasteiger partial charge in [-0.1, -0.05) is 18.2 Å². The van der Waals surface area contributed by atoms with E-state index in [9.17, 15) is 9.59 Å². The minimum absolute atomic E-state index is 0.0861. The lowest BCUT2D eigenvalue weighted by molar-refractivity contribution is 0.0779. The Morgan fingerprint density at radius 2 is 1.96 bits per heavy atom. The summed E-state index contributed by atoms with van der Waals surface area (Å²) in [5.74, 6) is -0.299. The number of amides is 1. The van der Waals surface area contributed by atoms with E-state index in [1.54, 1.807) is 35.6 Å². The molecule has 0 saturated heterocycles. The third-order valence-electron chi connectivity index (χ3n) is 4.81. The van der Waals surface area contributed by atoms with Crippen molar-refractivity contribution in [2.45, 2.75) is 20.4 Å². The van der Waals surface area contributed by atoms with E-state index in [0.717, 1.165) is 16.5 Å². The fourth-order valence-corrected chi connectivity index (χ4v) is 3.33. The summed E-state index contributed by atoms with van der Waals surface area (Å²) in [6.07, 6.45) is 3.28. The number of pyridine rings is 1. The highest BCUT2D eigenvalue weighted by Crippen LogP contribution is 2.19. The van der Waals surface area contributed by atoms with Gasteiger partial charge in [-0.25, -0.2) is 9.50 Å². The van der Waals surface area contributed by atoms with Crippen LogP contribution in [0.2, 0.25) is 0 Å². The summed E-state index contributed by atoms with van der Waals surface area (Å²) in [5, 5.41) is 5.40. The Morgan fingerprint density at radius 3 is 2.75 bits per heavy atom. The van der Waals surface area contributed by atoms with Gasteiger partial charge in [0.15, 0.2) is 17.1 Å². The molecule has 0 N–H and O–H groups in total. The second-order valence-corrected chi connectivity index (χ2v) is 6.76. The molecule has 0 spiro atoms. The van der Waals surface area contributed by atoms with E-state index in [2.05, 4.69) is 15.1 Å². The van der Waals surface area contributed by atoms with Crippen molar-refractivity contribution in [1.29, 1.82) is 0 Å². The smallest absolute Gasteiger partial charge is 0.274 e. The Kier molecular flexibility index (Phi) is 4.35. The lowest BCUT2D eigenvalue weighted by atomic mass is 10.1. The van der Waals surface area contributed by atoms with Crippen molar-refractivity contribution in [3.8, 4) is 0 Å². The lowest BCUT2D eigenvalue weighted by Gasteiger charge is -2.17. The van der Waals surface area contributed by atoms with Crippen LogP contribution >= 0.6 is 0 Å². The summed E-state index contributed by atoms with van der Waals surface area (Å²) in [5.41, 5.74) is 3.89. The molecule has 1 aromatic carbocycles. The molecular formula is C21H19N5O2. The number of carbonyl (C=O) groups excluding carboxylic acids is 2. The van der Waals surface area contributed by atoms with Gasteiger partial charge in [-0.15, -0.1) is 0 Å². The number of fused-ring (bicyclic) bond motifs is 2. The van der Waals surface area contributed by atoms with Crippen LogP contribution in [0.25, 0.3) is 16.6 Å². The van der Waals surface area contributed by atoms with Gasteiger partial charge in [0.2, 0.25) is 0 Å². The van der Waals surface area contributed by atoms with Crippen LogP contribution in [-0.4, -0.2) is 43.2 Å². The lowest BCUT2D eigenvalue weighted by Crippen LogP contribution is -2.26. The maximum absolute atomic E-state index is 12.9. The van der Waals surface area contributed by atoms with Gasteiger partial charge in [0.1, 0.15) is 0 Å². The maximum Gasteiger partial charge on any atom is 0.274 e. The van der Waals surface area contributed by atoms with Gasteiger partial charge in [-0.3, -0.25) is 14.6 Å². The number of aromatic nitrogens is 4. The van der Waals surface area contributed by atoms with Gasteiger partial charge in [-0.05, 0) is 31.5 Å². The number of Topliss-reactive ketones (excluding diaryl/α,β-unsaturated/α-hetero) is 1. The van der Waals surface area contributed by atoms with Crippen molar-refractivity contribution >= 4 is 28.2 Å². The summed E-state index contributed by atoms with van der Waals surface area (Å²) >= 11 is 0. The fourth-order valence-electron chi connectivity index (χ4n) is 3.33. The van der Waals surface area contributed by atoms with E-state index in [-0.39, 0.29) is 17.4 Å². The first-order valence-corrected chi connectivity index (χ1v) is 8.90. The maximum atomic E-state index is 12.9. The van der Waals surface area contributed by atoms with Crippen molar-refractivity contribution < 1.29 is 9.59 Å². The minimum Gasteiger partial charge on any atom is -0.336 e. The van der Waals surface area contributed by atoms with Crippen LogP contribution in [0.3, 0.4) is 0 Å². The van der Waals surface area contributed by atoms with Crippen molar-refractivity contribution in [1.82, 2.24) is 24.5 Å². The summed E-state index contributed by atoms with van der Waals surface area (Å²) in [6.45, 7) is 3.71. The highest BCUT2D eigenvalue weighted by Gasteiger charge is 2.19. The van der Waals surface area contributed by atoms with Crippen LogP contribution < -0.4 is 0 Å². The zero-order valence-electron chi connectivity index (χ0n) is 15.9. The number of hydrogen-bond donors (Lipinski definition) is 0. The first-order chi connectivity index (χ1) is 13.5. The van der Waals surface area contributed by atoms with E-state index in [4.69, 9.17) is 0 Å². The second kappa shape index (κ2) is 6.84. The normalized spacial score (nSPS) is 11.1. The average Bonchev–Trinajstić information content (AvgIpc) is 3.13. The molecule has 7 heteroatoms. The Labute approximate surface area is 161 Å². The molecule has 1 amide bonds. The molecule has 28 heavy (non-hydrogen) atoms. The molecule has 4 aromatic rings. The highest BCUT2D eigenvalue weighted by molar-refractivity contribution is 5.96. The molecule has 0 saturated carbocycles. The molecule has 0 fully saturated rings. The summed E-state index contributed by atoms with van der Waals surface area (Å²) < 4.78 is 1.54. The quantitative estimate of drug-likeness (QED) is 0.514. The number of ketones is 1. The molecule has 0 bridgehead atoms. The first-order valence-electron chi connectivity index (χ1n) is 8.90. The van der Waals surface area contributed by atoms with Crippen LogP contribution in [0.15, 0.2) is 48.8 Å². The molecule has 0 atom stereocenters.